The molecule has 22 heteroatoms. The van der Waals surface area contributed by atoms with E-state index in [2.05, 4.69) is 37.2 Å². The molecule has 400 valence electrons. The topological polar surface area (TPSA) is 316 Å². The number of aliphatic carboxylic acids is 3. The van der Waals surface area contributed by atoms with Crippen LogP contribution in [-0.2, 0) is 54.4 Å². The molecule has 74 heavy (non-hydrogen) atoms. The molecule has 7 amide bonds. The van der Waals surface area contributed by atoms with Crippen molar-refractivity contribution >= 4 is 59.3 Å². The lowest BCUT2D eigenvalue weighted by Crippen LogP contribution is -2.61. The van der Waals surface area contributed by atoms with Crippen LogP contribution in [0.5, 0.6) is 0 Å². The Bertz CT molecular complexity index is 2320. The van der Waals surface area contributed by atoms with Crippen LogP contribution in [0.1, 0.15) is 107 Å². The number of carbonyl (C=O) groups is 10. The Balaban J connectivity index is 1.72. The van der Waals surface area contributed by atoms with Crippen molar-refractivity contribution in [3.63, 3.8) is 0 Å². The van der Waals surface area contributed by atoms with Crippen LogP contribution in [-0.4, -0.2) is 124 Å². The van der Waals surface area contributed by atoms with E-state index in [0.29, 0.717) is 30.4 Å². The molecule has 0 aliphatic heterocycles. The number of rotatable bonds is 30. The van der Waals surface area contributed by atoms with Gasteiger partial charge in [0, 0.05) is 38.6 Å². The third kappa shape index (κ3) is 20.4. The maximum Gasteiger partial charge on any atom is 0.305 e. The standard InChI is InChI=1S/C52H65F2N7O13/c1-31(62)56-40(30-44(67)68)51(73)57-37(23-25-43(65)66)49(71)61-46(45(34-18-10-4-11-19-34)35-20-12-5-13-21-35)52(74)58-36(22-24-42(63)64)48(70)59-38(28-33-16-8-3-9-17-33)50(72)60-39(29-41(53)54)47(69)55-27-26-32-14-6-2-7-15-32/h2,4-7,10-15,18-21,33,36-41,45-46H,3,8-9,16-17,22-30H2,1H3,(H,55,69)(H,56,62)(H,57,73)(H,58,74)(H,59,70)(H,60,72)(H,61,71)(H,63,64)(H,65,66)(H,67,68)/t36-,37-,38-,39-,40-,46-/m0/s1. The zero-order valence-corrected chi connectivity index (χ0v) is 40.9. The summed E-state index contributed by atoms with van der Waals surface area (Å²) in [6, 6.07) is 15.3. The van der Waals surface area contributed by atoms with Gasteiger partial charge in [0.05, 0.1) is 6.42 Å². The molecule has 20 nitrogen and oxygen atoms in total. The van der Waals surface area contributed by atoms with Crippen LogP contribution in [0, 0.1) is 5.92 Å². The van der Waals surface area contributed by atoms with Gasteiger partial charge >= 0.3 is 17.9 Å². The summed E-state index contributed by atoms with van der Waals surface area (Å²) in [7, 11) is 0. The molecule has 10 N–H and O–H groups in total. The van der Waals surface area contributed by atoms with Crippen LogP contribution < -0.4 is 37.2 Å². The second-order valence-electron chi connectivity index (χ2n) is 18.1. The van der Waals surface area contributed by atoms with Crippen molar-refractivity contribution in [1.29, 1.82) is 0 Å². The van der Waals surface area contributed by atoms with Gasteiger partial charge in [0.2, 0.25) is 47.8 Å². The summed E-state index contributed by atoms with van der Waals surface area (Å²) in [6.45, 7) is 1.08. The number of alkyl halides is 2. The first-order valence-electron chi connectivity index (χ1n) is 24.4. The Labute approximate surface area is 426 Å². The van der Waals surface area contributed by atoms with Gasteiger partial charge in [0.1, 0.15) is 36.3 Å². The summed E-state index contributed by atoms with van der Waals surface area (Å²) >= 11 is 0. The third-order valence-electron chi connectivity index (χ3n) is 12.4. The number of carboxylic acid groups (broad SMARTS) is 3. The maximum absolute atomic E-state index is 15.0. The maximum atomic E-state index is 15.0. The molecule has 3 aromatic carbocycles. The highest BCUT2D eigenvalue weighted by Gasteiger charge is 2.39. The summed E-state index contributed by atoms with van der Waals surface area (Å²) in [5.41, 5.74) is 1.72. The Hall–Kier alpha value is -7.78. The molecule has 0 unspecified atom stereocenters. The molecule has 4 rings (SSSR count). The largest absolute Gasteiger partial charge is 0.481 e. The van der Waals surface area contributed by atoms with Gasteiger partial charge in [-0.05, 0) is 48.3 Å². The fraction of sp³-hybridized carbons (Fsp3) is 0.462. The first kappa shape index (κ1) is 58.8. The zero-order chi connectivity index (χ0) is 54.2. The number of halogens is 2. The molecule has 3 aromatic rings. The lowest BCUT2D eigenvalue weighted by molar-refractivity contribution is -0.141. The molecule has 6 atom stereocenters. The molecule has 0 bridgehead atoms. The molecule has 0 saturated heterocycles. The minimum Gasteiger partial charge on any atom is -0.481 e. The molecule has 1 aliphatic carbocycles. The van der Waals surface area contributed by atoms with E-state index in [1.165, 1.54) is 0 Å². The number of benzene rings is 3. The number of amides is 7. The van der Waals surface area contributed by atoms with E-state index < -0.39 is 146 Å². The molecule has 1 saturated carbocycles. The number of hydrogen-bond acceptors (Lipinski definition) is 10. The van der Waals surface area contributed by atoms with Gasteiger partial charge in [-0.15, -0.1) is 0 Å². The number of hydrogen-bond donors (Lipinski definition) is 10. The van der Waals surface area contributed by atoms with E-state index in [9.17, 15) is 72.0 Å². The van der Waals surface area contributed by atoms with Crippen LogP contribution in [0.2, 0.25) is 0 Å². The van der Waals surface area contributed by atoms with Gasteiger partial charge in [0.15, 0.2) is 0 Å². The summed E-state index contributed by atoms with van der Waals surface area (Å²) in [4.78, 5) is 132. The van der Waals surface area contributed by atoms with Gasteiger partial charge < -0.3 is 52.5 Å². The highest BCUT2D eigenvalue weighted by Crippen LogP contribution is 2.30. The molecule has 1 aliphatic rings. The van der Waals surface area contributed by atoms with Crippen LogP contribution >= 0.6 is 0 Å². The summed E-state index contributed by atoms with van der Waals surface area (Å²) < 4.78 is 27.9. The lowest BCUT2D eigenvalue weighted by atomic mass is 9.84. The predicted octanol–water partition coefficient (Wildman–Crippen LogP) is 2.94. The molecule has 0 radical (unpaired) electrons. The van der Waals surface area contributed by atoms with E-state index in [-0.39, 0.29) is 18.9 Å². The van der Waals surface area contributed by atoms with Crippen molar-refractivity contribution in [2.75, 3.05) is 6.54 Å². The van der Waals surface area contributed by atoms with E-state index in [1.54, 1.807) is 72.8 Å². The molecular weight excluding hydrogens is 969 g/mol. The predicted molar refractivity (Wildman–Crippen MR) is 263 cm³/mol. The van der Waals surface area contributed by atoms with Crippen molar-refractivity contribution in [3.05, 3.63) is 108 Å². The number of carbonyl (C=O) groups excluding carboxylic acids is 7. The average molecular weight is 1030 g/mol. The number of carboxylic acids is 3. The molecular formula is C52H65F2N7O13. The second kappa shape index (κ2) is 30.3. The summed E-state index contributed by atoms with van der Waals surface area (Å²) in [5, 5.41) is 46.0. The van der Waals surface area contributed by atoms with Gasteiger partial charge in [-0.25, -0.2) is 8.78 Å². The van der Waals surface area contributed by atoms with E-state index >= 15 is 0 Å². The average Bonchev–Trinajstić information content (AvgIpc) is 3.36. The van der Waals surface area contributed by atoms with E-state index in [4.69, 9.17) is 0 Å². The third-order valence-corrected chi connectivity index (χ3v) is 12.4. The number of nitrogens with one attached hydrogen (secondary N) is 7. The minimum absolute atomic E-state index is 0.00429. The SMILES string of the molecule is CC(=O)N[C@@H](CC(=O)O)C(=O)N[C@@H](CCC(=O)O)C(=O)N[C@H](C(=O)N[C@@H](CCC(=O)O)C(=O)N[C@@H](CC1CCCCC1)C(=O)N[C@@H](CC(F)F)C(=O)NCCc1ccccc1)C(c1ccccc1)c1ccccc1. The van der Waals surface area contributed by atoms with Crippen LogP contribution in [0.4, 0.5) is 8.78 Å². The zero-order valence-electron chi connectivity index (χ0n) is 40.9. The van der Waals surface area contributed by atoms with Gasteiger partial charge in [-0.1, -0.05) is 123 Å². The van der Waals surface area contributed by atoms with Crippen molar-refractivity contribution < 1.29 is 72.0 Å². The van der Waals surface area contributed by atoms with E-state index in [0.717, 1.165) is 31.7 Å². The first-order chi connectivity index (χ1) is 35.3. The first-order valence-corrected chi connectivity index (χ1v) is 24.4. The quantitative estimate of drug-likeness (QED) is 0.0460. The van der Waals surface area contributed by atoms with Gasteiger partial charge in [0.25, 0.3) is 0 Å². The van der Waals surface area contributed by atoms with Crippen molar-refractivity contribution in [2.45, 2.75) is 139 Å². The Morgan fingerprint density at radius 1 is 0.527 bits per heavy atom. The van der Waals surface area contributed by atoms with Crippen LogP contribution in [0.25, 0.3) is 0 Å². The molecule has 1 fully saturated rings. The van der Waals surface area contributed by atoms with Crippen molar-refractivity contribution in [3.8, 4) is 0 Å². The highest BCUT2D eigenvalue weighted by molar-refractivity contribution is 5.98. The van der Waals surface area contributed by atoms with Crippen LogP contribution in [0.15, 0.2) is 91.0 Å². The van der Waals surface area contributed by atoms with Gasteiger partial charge in [-0.2, -0.15) is 0 Å². The second-order valence-corrected chi connectivity index (χ2v) is 18.1. The monoisotopic (exact) mass is 1030 g/mol. The minimum atomic E-state index is -3.02. The van der Waals surface area contributed by atoms with Crippen molar-refractivity contribution in [1.82, 2.24) is 37.2 Å². The fourth-order valence-corrected chi connectivity index (χ4v) is 8.73. The Morgan fingerprint density at radius 2 is 0.986 bits per heavy atom. The summed E-state index contributed by atoms with van der Waals surface area (Å²) in [5.74, 6) is -12.6. The molecule has 0 aromatic heterocycles. The normalized spacial score (nSPS) is 14.9. The van der Waals surface area contributed by atoms with Gasteiger partial charge in [-0.3, -0.25) is 47.9 Å². The fourth-order valence-electron chi connectivity index (χ4n) is 8.73. The Morgan fingerprint density at radius 3 is 1.49 bits per heavy atom. The molecule has 0 heterocycles. The highest BCUT2D eigenvalue weighted by atomic mass is 19.3. The van der Waals surface area contributed by atoms with Crippen molar-refractivity contribution in [2.24, 2.45) is 5.92 Å². The summed E-state index contributed by atoms with van der Waals surface area (Å²) in [6.07, 6.45) is -3.38. The van der Waals surface area contributed by atoms with E-state index in [1.807, 2.05) is 18.2 Å². The molecule has 0 spiro atoms. The lowest BCUT2D eigenvalue weighted by Gasteiger charge is -2.32. The smallest absolute Gasteiger partial charge is 0.305 e. The Kier molecular flexibility index (Phi) is 24.1. The van der Waals surface area contributed by atoms with Crippen LogP contribution in [0.3, 0.4) is 0 Å².